The summed E-state index contributed by atoms with van der Waals surface area (Å²) in [6.07, 6.45) is 10.7. The molecule has 0 N–H and O–H groups in total. The maximum absolute atomic E-state index is 6.35. The zero-order valence-electron chi connectivity index (χ0n) is 14.1. The molecule has 0 aliphatic carbocycles. The number of ether oxygens (including phenoxy) is 2. The SMILES string of the molecule is CCCCCC[C@@]12CC[C@@H](O1)[C@H](OCc1ccccc1C)C2. The lowest BCUT2D eigenvalue weighted by atomic mass is 9.83. The minimum atomic E-state index is 0.148. The molecule has 0 radical (unpaired) electrons. The van der Waals surface area contributed by atoms with Crippen LogP contribution in [0, 0.1) is 6.92 Å². The van der Waals surface area contributed by atoms with Crippen molar-refractivity contribution in [1.82, 2.24) is 0 Å². The van der Waals surface area contributed by atoms with E-state index in [1.807, 2.05) is 0 Å². The zero-order valence-corrected chi connectivity index (χ0v) is 14.1. The molecular formula is C20H30O2. The molecule has 2 fully saturated rings. The molecule has 2 heterocycles. The van der Waals surface area contributed by atoms with E-state index >= 15 is 0 Å². The van der Waals surface area contributed by atoms with E-state index in [2.05, 4.69) is 38.1 Å². The fourth-order valence-corrected chi connectivity index (χ4v) is 4.05. The number of aryl methyl sites for hydroxylation is 1. The Morgan fingerprint density at radius 1 is 1.23 bits per heavy atom. The molecule has 2 aliphatic rings. The summed E-state index contributed by atoms with van der Waals surface area (Å²) >= 11 is 0. The van der Waals surface area contributed by atoms with Crippen LogP contribution < -0.4 is 0 Å². The largest absolute Gasteiger partial charge is 0.371 e. The van der Waals surface area contributed by atoms with Crippen molar-refractivity contribution in [2.45, 2.75) is 89.6 Å². The Morgan fingerprint density at radius 2 is 2.09 bits per heavy atom. The van der Waals surface area contributed by atoms with Gasteiger partial charge in [-0.05, 0) is 37.3 Å². The number of benzene rings is 1. The minimum Gasteiger partial charge on any atom is -0.371 e. The molecule has 1 aromatic carbocycles. The zero-order chi connectivity index (χ0) is 15.4. The van der Waals surface area contributed by atoms with Crippen LogP contribution in [0.25, 0.3) is 0 Å². The summed E-state index contributed by atoms with van der Waals surface area (Å²) in [6.45, 7) is 5.15. The number of hydrogen-bond acceptors (Lipinski definition) is 2. The quantitative estimate of drug-likeness (QED) is 0.617. The highest BCUT2D eigenvalue weighted by atomic mass is 16.6. The molecule has 1 aromatic rings. The number of rotatable bonds is 8. The molecule has 3 atom stereocenters. The molecule has 2 aliphatic heterocycles. The molecule has 0 unspecified atom stereocenters. The lowest BCUT2D eigenvalue weighted by Gasteiger charge is -2.27. The molecule has 122 valence electrons. The highest BCUT2D eigenvalue weighted by Crippen LogP contribution is 2.48. The van der Waals surface area contributed by atoms with Crippen LogP contribution in [0.3, 0.4) is 0 Å². The average molecular weight is 302 g/mol. The van der Waals surface area contributed by atoms with Gasteiger partial charge in [0.1, 0.15) is 0 Å². The van der Waals surface area contributed by atoms with Gasteiger partial charge in [0.25, 0.3) is 0 Å². The van der Waals surface area contributed by atoms with E-state index in [0.29, 0.717) is 12.2 Å². The molecular weight excluding hydrogens is 272 g/mol. The third-order valence-electron chi connectivity index (χ3n) is 5.47. The van der Waals surface area contributed by atoms with Gasteiger partial charge in [-0.25, -0.2) is 0 Å². The predicted molar refractivity (Wildman–Crippen MR) is 90.0 cm³/mol. The van der Waals surface area contributed by atoms with Crippen molar-refractivity contribution in [3.63, 3.8) is 0 Å². The Morgan fingerprint density at radius 3 is 2.91 bits per heavy atom. The summed E-state index contributed by atoms with van der Waals surface area (Å²) in [6, 6.07) is 8.51. The molecule has 0 spiro atoms. The van der Waals surface area contributed by atoms with Crippen LogP contribution >= 0.6 is 0 Å². The Bertz CT molecular complexity index is 484. The Labute approximate surface area is 135 Å². The van der Waals surface area contributed by atoms with Gasteiger partial charge in [0.2, 0.25) is 0 Å². The van der Waals surface area contributed by atoms with Crippen LogP contribution in [0.5, 0.6) is 0 Å². The highest BCUT2D eigenvalue weighted by Gasteiger charge is 2.51. The van der Waals surface area contributed by atoms with E-state index < -0.39 is 0 Å². The fourth-order valence-electron chi connectivity index (χ4n) is 4.05. The van der Waals surface area contributed by atoms with E-state index in [1.54, 1.807) is 0 Å². The molecule has 2 bridgehead atoms. The summed E-state index contributed by atoms with van der Waals surface area (Å²) < 4.78 is 12.6. The molecule has 2 nitrogen and oxygen atoms in total. The fraction of sp³-hybridized carbons (Fsp3) is 0.700. The molecule has 2 saturated heterocycles. The number of unbranched alkanes of at least 4 members (excludes halogenated alkanes) is 3. The van der Waals surface area contributed by atoms with Crippen molar-refractivity contribution >= 4 is 0 Å². The summed E-state index contributed by atoms with van der Waals surface area (Å²) in [7, 11) is 0. The molecule has 22 heavy (non-hydrogen) atoms. The lowest BCUT2D eigenvalue weighted by Crippen LogP contribution is -2.30. The van der Waals surface area contributed by atoms with E-state index in [1.165, 1.54) is 56.1 Å². The third kappa shape index (κ3) is 3.55. The Hall–Kier alpha value is -0.860. The average Bonchev–Trinajstić information content (AvgIpc) is 3.09. The number of fused-ring (bicyclic) bond motifs is 2. The monoisotopic (exact) mass is 302 g/mol. The lowest BCUT2D eigenvalue weighted by molar-refractivity contribution is -0.0245. The second-order valence-corrected chi connectivity index (χ2v) is 7.17. The van der Waals surface area contributed by atoms with Gasteiger partial charge in [-0.2, -0.15) is 0 Å². The van der Waals surface area contributed by atoms with Gasteiger partial charge >= 0.3 is 0 Å². The van der Waals surface area contributed by atoms with Crippen molar-refractivity contribution in [3.8, 4) is 0 Å². The first kappa shape index (κ1) is 16.0. The smallest absolute Gasteiger partial charge is 0.0869 e. The maximum atomic E-state index is 6.35. The first-order valence-corrected chi connectivity index (χ1v) is 9.06. The Kier molecular flexibility index (Phi) is 5.20. The normalized spacial score (nSPS) is 30.1. The van der Waals surface area contributed by atoms with E-state index in [9.17, 15) is 0 Å². The van der Waals surface area contributed by atoms with E-state index in [4.69, 9.17) is 9.47 Å². The van der Waals surface area contributed by atoms with Crippen LogP contribution in [0.15, 0.2) is 24.3 Å². The molecule has 3 rings (SSSR count). The van der Waals surface area contributed by atoms with Gasteiger partial charge in [0, 0.05) is 6.42 Å². The van der Waals surface area contributed by atoms with Crippen LogP contribution in [0.2, 0.25) is 0 Å². The second-order valence-electron chi connectivity index (χ2n) is 7.17. The van der Waals surface area contributed by atoms with Crippen LogP contribution in [-0.2, 0) is 16.1 Å². The van der Waals surface area contributed by atoms with Gasteiger partial charge in [-0.3, -0.25) is 0 Å². The van der Waals surface area contributed by atoms with Gasteiger partial charge in [0.05, 0.1) is 24.4 Å². The summed E-state index contributed by atoms with van der Waals surface area (Å²) in [5.41, 5.74) is 2.78. The van der Waals surface area contributed by atoms with Crippen molar-refractivity contribution in [2.75, 3.05) is 0 Å². The first-order valence-electron chi connectivity index (χ1n) is 9.06. The molecule has 2 heteroatoms. The molecule has 0 amide bonds. The molecule has 0 saturated carbocycles. The van der Waals surface area contributed by atoms with Gasteiger partial charge in [0.15, 0.2) is 0 Å². The maximum Gasteiger partial charge on any atom is 0.0869 e. The van der Waals surface area contributed by atoms with Crippen LogP contribution in [-0.4, -0.2) is 17.8 Å². The summed E-state index contributed by atoms with van der Waals surface area (Å²) in [4.78, 5) is 0. The van der Waals surface area contributed by atoms with Crippen LogP contribution in [0.1, 0.15) is 69.4 Å². The van der Waals surface area contributed by atoms with E-state index in [0.717, 1.165) is 13.0 Å². The molecule has 0 aromatic heterocycles. The highest BCUT2D eigenvalue weighted by molar-refractivity contribution is 5.24. The first-order chi connectivity index (χ1) is 10.7. The standard InChI is InChI=1S/C20H30O2/c1-3-4-5-8-12-20-13-11-18(22-20)19(14-20)21-15-17-10-7-6-9-16(17)2/h6-7,9-10,18-19H,3-5,8,11-15H2,1-2H3/t18-,19-,20+/m1/s1. The Balaban J connectivity index is 1.49. The second kappa shape index (κ2) is 7.14. The summed E-state index contributed by atoms with van der Waals surface area (Å²) in [5, 5.41) is 0. The van der Waals surface area contributed by atoms with Crippen LogP contribution in [0.4, 0.5) is 0 Å². The van der Waals surface area contributed by atoms with Gasteiger partial charge in [-0.15, -0.1) is 0 Å². The van der Waals surface area contributed by atoms with Gasteiger partial charge in [-0.1, -0.05) is 56.9 Å². The predicted octanol–water partition coefficient (Wildman–Crippen LogP) is 5.17. The third-order valence-corrected chi connectivity index (χ3v) is 5.47. The van der Waals surface area contributed by atoms with Crippen molar-refractivity contribution in [2.24, 2.45) is 0 Å². The van der Waals surface area contributed by atoms with Crippen molar-refractivity contribution < 1.29 is 9.47 Å². The minimum absolute atomic E-state index is 0.148. The van der Waals surface area contributed by atoms with Gasteiger partial charge < -0.3 is 9.47 Å². The van der Waals surface area contributed by atoms with E-state index in [-0.39, 0.29) is 5.60 Å². The van der Waals surface area contributed by atoms with Crippen molar-refractivity contribution in [1.29, 1.82) is 0 Å². The summed E-state index contributed by atoms with van der Waals surface area (Å²) in [5.74, 6) is 0. The van der Waals surface area contributed by atoms with Crippen molar-refractivity contribution in [3.05, 3.63) is 35.4 Å². The number of hydrogen-bond donors (Lipinski definition) is 0. The topological polar surface area (TPSA) is 18.5 Å².